The molecule has 0 atom stereocenters. The Labute approximate surface area is 207 Å². The first-order valence-electron chi connectivity index (χ1n) is 10.8. The quantitative estimate of drug-likeness (QED) is 0.277. The third kappa shape index (κ3) is 4.86. The molecule has 0 spiro atoms. The number of alkyl halides is 3. The Hall–Kier alpha value is -2.22. The van der Waals surface area contributed by atoms with E-state index in [-0.39, 0.29) is 17.4 Å². The topological polar surface area (TPSA) is 18.5 Å². The van der Waals surface area contributed by atoms with Crippen molar-refractivity contribution in [1.82, 2.24) is 0 Å². The molecule has 0 N–H and O–H groups in total. The first-order chi connectivity index (χ1) is 15.5. The normalized spacial score (nSPS) is 11.9. The van der Waals surface area contributed by atoms with Gasteiger partial charge in [-0.15, -0.1) is 0 Å². The van der Waals surface area contributed by atoms with E-state index in [0.29, 0.717) is 11.3 Å². The fourth-order valence-electron chi connectivity index (χ4n) is 4.29. The van der Waals surface area contributed by atoms with Crippen molar-refractivity contribution in [2.24, 2.45) is 0 Å². The van der Waals surface area contributed by atoms with Gasteiger partial charge in [0.25, 0.3) is 0 Å². The van der Waals surface area contributed by atoms with Gasteiger partial charge in [0.15, 0.2) is 0 Å². The molecule has 6 heteroatoms. The third-order valence-corrected chi connectivity index (χ3v) is 6.62. The van der Waals surface area contributed by atoms with Crippen LogP contribution in [0.3, 0.4) is 0 Å². The summed E-state index contributed by atoms with van der Waals surface area (Å²) in [6, 6.07) is 13.4. The fourth-order valence-corrected chi connectivity index (χ4v) is 5.04. The second-order valence-corrected chi connectivity index (χ2v) is 9.67. The minimum Gasteiger partial charge on any atom is -0.496 e. The van der Waals surface area contributed by atoms with Crippen LogP contribution < -0.4 is 9.47 Å². The Balaban J connectivity index is 2.54. The lowest BCUT2D eigenvalue weighted by atomic mass is 9.80. The molecular formula is C27H28F3IO2. The van der Waals surface area contributed by atoms with E-state index < -0.39 is 11.7 Å². The molecule has 0 unspecified atom stereocenters. The molecule has 0 fully saturated rings. The number of methoxy groups -OCH3 is 2. The Morgan fingerprint density at radius 1 is 0.788 bits per heavy atom. The summed E-state index contributed by atoms with van der Waals surface area (Å²) >= 11 is 2.28. The van der Waals surface area contributed by atoms with Crippen LogP contribution in [0.25, 0.3) is 22.3 Å². The van der Waals surface area contributed by atoms with E-state index in [9.17, 15) is 13.2 Å². The zero-order valence-corrected chi connectivity index (χ0v) is 21.8. The van der Waals surface area contributed by atoms with Crippen LogP contribution in [0.1, 0.15) is 56.2 Å². The second kappa shape index (κ2) is 9.95. The standard InChI is InChI=1S/C27H28F3IO2/c1-15(2)18-14-19(17-10-7-8-11-20(17)27(28,29)30)26(33-6)23(16(3)4)24(18)25-21(31)12-9-13-22(25)32-5/h7-16H,1-6H3. The average molecular weight is 568 g/mol. The van der Waals surface area contributed by atoms with Crippen LogP contribution in [0, 0.1) is 3.57 Å². The molecular weight excluding hydrogens is 540 g/mol. The van der Waals surface area contributed by atoms with Crippen LogP contribution in [-0.2, 0) is 6.18 Å². The van der Waals surface area contributed by atoms with E-state index in [1.807, 2.05) is 38.1 Å². The number of halogens is 4. The van der Waals surface area contributed by atoms with Gasteiger partial charge >= 0.3 is 6.18 Å². The number of hydrogen-bond donors (Lipinski definition) is 0. The highest BCUT2D eigenvalue weighted by atomic mass is 127. The number of hydrogen-bond acceptors (Lipinski definition) is 2. The summed E-state index contributed by atoms with van der Waals surface area (Å²) in [4.78, 5) is 0. The molecule has 2 nitrogen and oxygen atoms in total. The van der Waals surface area contributed by atoms with Gasteiger partial charge < -0.3 is 9.47 Å². The molecule has 0 heterocycles. The third-order valence-electron chi connectivity index (χ3n) is 5.72. The highest BCUT2D eigenvalue weighted by molar-refractivity contribution is 14.1. The van der Waals surface area contributed by atoms with Gasteiger partial charge in [-0.3, -0.25) is 0 Å². The molecule has 0 radical (unpaired) electrons. The van der Waals surface area contributed by atoms with E-state index in [1.165, 1.54) is 19.2 Å². The van der Waals surface area contributed by atoms with Crippen LogP contribution >= 0.6 is 22.6 Å². The summed E-state index contributed by atoms with van der Waals surface area (Å²) in [7, 11) is 3.15. The monoisotopic (exact) mass is 568 g/mol. The smallest absolute Gasteiger partial charge is 0.417 e. The van der Waals surface area contributed by atoms with Gasteiger partial charge in [-0.2, -0.15) is 13.2 Å². The van der Waals surface area contributed by atoms with Crippen molar-refractivity contribution in [3.05, 3.63) is 68.8 Å². The number of ether oxygens (including phenoxy) is 2. The van der Waals surface area contributed by atoms with E-state index in [2.05, 4.69) is 36.4 Å². The molecule has 3 aromatic rings. The minimum atomic E-state index is -4.48. The van der Waals surface area contributed by atoms with E-state index in [0.717, 1.165) is 37.6 Å². The van der Waals surface area contributed by atoms with Gasteiger partial charge in [-0.25, -0.2) is 0 Å². The van der Waals surface area contributed by atoms with Gasteiger partial charge in [-0.05, 0) is 75.4 Å². The highest BCUT2D eigenvalue weighted by Gasteiger charge is 2.35. The summed E-state index contributed by atoms with van der Waals surface area (Å²) in [6.07, 6.45) is -4.48. The van der Waals surface area contributed by atoms with Crippen molar-refractivity contribution in [2.45, 2.75) is 45.7 Å². The summed E-state index contributed by atoms with van der Waals surface area (Å²) < 4.78 is 54.3. The summed E-state index contributed by atoms with van der Waals surface area (Å²) in [5.74, 6) is 1.23. The zero-order chi connectivity index (χ0) is 24.5. The van der Waals surface area contributed by atoms with Crippen molar-refractivity contribution in [2.75, 3.05) is 14.2 Å². The lowest BCUT2D eigenvalue weighted by Gasteiger charge is -2.27. The Morgan fingerprint density at radius 2 is 1.45 bits per heavy atom. The Bertz CT molecular complexity index is 1150. The predicted octanol–water partition coefficient (Wildman–Crippen LogP) is 8.91. The molecule has 176 valence electrons. The molecule has 0 aliphatic carbocycles. The largest absolute Gasteiger partial charge is 0.496 e. The zero-order valence-electron chi connectivity index (χ0n) is 19.6. The molecule has 0 aromatic heterocycles. The minimum absolute atomic E-state index is 0.00818. The Morgan fingerprint density at radius 3 is 2.00 bits per heavy atom. The van der Waals surface area contributed by atoms with Crippen molar-refractivity contribution in [3.8, 4) is 33.8 Å². The van der Waals surface area contributed by atoms with Crippen LogP contribution in [-0.4, -0.2) is 14.2 Å². The highest BCUT2D eigenvalue weighted by Crippen LogP contribution is 2.51. The predicted molar refractivity (Wildman–Crippen MR) is 136 cm³/mol. The van der Waals surface area contributed by atoms with Crippen LogP contribution in [0.5, 0.6) is 11.5 Å². The molecule has 3 rings (SSSR count). The van der Waals surface area contributed by atoms with E-state index >= 15 is 0 Å². The fraction of sp³-hybridized carbons (Fsp3) is 0.333. The first kappa shape index (κ1) is 25.4. The first-order valence-corrected chi connectivity index (χ1v) is 11.8. The Kier molecular flexibility index (Phi) is 7.66. The SMILES string of the molecule is COc1cccc(I)c1-c1c(C(C)C)cc(-c2ccccc2C(F)(F)F)c(OC)c1C(C)C. The van der Waals surface area contributed by atoms with Crippen LogP contribution in [0.4, 0.5) is 13.2 Å². The summed E-state index contributed by atoms with van der Waals surface area (Å²) in [5, 5.41) is 0. The van der Waals surface area contributed by atoms with Crippen LogP contribution in [0.2, 0.25) is 0 Å². The molecule has 0 aliphatic rings. The van der Waals surface area contributed by atoms with Gasteiger partial charge in [0.05, 0.1) is 19.8 Å². The lowest BCUT2D eigenvalue weighted by Crippen LogP contribution is -2.10. The second-order valence-electron chi connectivity index (χ2n) is 8.51. The molecule has 0 amide bonds. The van der Waals surface area contributed by atoms with E-state index in [4.69, 9.17) is 9.47 Å². The van der Waals surface area contributed by atoms with Crippen molar-refractivity contribution in [1.29, 1.82) is 0 Å². The van der Waals surface area contributed by atoms with Gasteiger partial charge in [0.1, 0.15) is 11.5 Å². The molecule has 0 aliphatic heterocycles. The van der Waals surface area contributed by atoms with Crippen LogP contribution in [0.15, 0.2) is 48.5 Å². The maximum Gasteiger partial charge on any atom is 0.417 e. The molecule has 3 aromatic carbocycles. The summed E-state index contributed by atoms with van der Waals surface area (Å²) in [6.45, 7) is 8.18. The molecule has 0 saturated carbocycles. The maximum atomic E-state index is 13.9. The van der Waals surface area contributed by atoms with Gasteiger partial charge in [0, 0.05) is 20.3 Å². The van der Waals surface area contributed by atoms with Crippen molar-refractivity contribution in [3.63, 3.8) is 0 Å². The van der Waals surface area contributed by atoms with Gasteiger partial charge in [0.2, 0.25) is 0 Å². The van der Waals surface area contributed by atoms with Crippen molar-refractivity contribution >= 4 is 22.6 Å². The van der Waals surface area contributed by atoms with Crippen molar-refractivity contribution < 1.29 is 22.6 Å². The lowest BCUT2D eigenvalue weighted by molar-refractivity contribution is -0.137. The molecule has 33 heavy (non-hydrogen) atoms. The van der Waals surface area contributed by atoms with Gasteiger partial charge in [-0.1, -0.05) is 52.0 Å². The molecule has 0 bridgehead atoms. The average Bonchev–Trinajstić information content (AvgIpc) is 2.76. The maximum absolute atomic E-state index is 13.9. The molecule has 0 saturated heterocycles. The van der Waals surface area contributed by atoms with E-state index in [1.54, 1.807) is 13.2 Å². The number of rotatable bonds is 6. The number of benzene rings is 3. The summed E-state index contributed by atoms with van der Waals surface area (Å²) in [5.41, 5.74) is 3.62.